The molecular weight excluding hydrogens is 304 g/mol. The van der Waals surface area contributed by atoms with E-state index in [1.54, 1.807) is 7.11 Å². The monoisotopic (exact) mass is 324 g/mol. The van der Waals surface area contributed by atoms with Gasteiger partial charge in [-0.15, -0.1) is 0 Å². The average Bonchev–Trinajstić information content (AvgIpc) is 2.99. The molecule has 2 aromatic rings. The van der Waals surface area contributed by atoms with E-state index in [1.165, 1.54) is 0 Å². The topological polar surface area (TPSA) is 66.1 Å². The fourth-order valence-corrected chi connectivity index (χ4v) is 3.51. The molecular formula is C19H20N2O3. The summed E-state index contributed by atoms with van der Waals surface area (Å²) in [6, 6.07) is 16.7. The highest BCUT2D eigenvalue weighted by Crippen LogP contribution is 2.42. The van der Waals surface area contributed by atoms with Crippen LogP contribution in [-0.4, -0.2) is 32.4 Å². The Kier molecular flexibility index (Phi) is 3.65. The fraction of sp³-hybridized carbons (Fsp3) is 0.316. The van der Waals surface area contributed by atoms with Crippen LogP contribution in [0.15, 0.2) is 53.5 Å². The number of ether oxygens (including phenoxy) is 3. The van der Waals surface area contributed by atoms with E-state index in [9.17, 15) is 0 Å². The average molecular weight is 324 g/mol. The molecule has 2 aliphatic rings. The molecule has 2 aliphatic heterocycles. The number of aliphatic imine (C=N–C) groups is 1. The van der Waals surface area contributed by atoms with Crippen molar-refractivity contribution in [2.75, 3.05) is 20.3 Å². The number of benzene rings is 2. The molecule has 0 unspecified atom stereocenters. The van der Waals surface area contributed by atoms with Gasteiger partial charge in [0.1, 0.15) is 11.3 Å². The van der Waals surface area contributed by atoms with Gasteiger partial charge in [-0.25, -0.2) is 4.99 Å². The second-order valence-corrected chi connectivity index (χ2v) is 6.12. The molecule has 1 fully saturated rings. The van der Waals surface area contributed by atoms with Gasteiger partial charge in [0.15, 0.2) is 6.10 Å². The summed E-state index contributed by atoms with van der Waals surface area (Å²) in [6.45, 7) is 1.16. The SMILES string of the molecule is COc1cccc(-c2cccc([C@]34CCOC[C@H]3OC(N)=N4)c2)c1. The van der Waals surface area contributed by atoms with E-state index >= 15 is 0 Å². The Hall–Kier alpha value is -2.53. The summed E-state index contributed by atoms with van der Waals surface area (Å²) in [7, 11) is 1.68. The summed E-state index contributed by atoms with van der Waals surface area (Å²) in [6.07, 6.45) is 0.603. The molecule has 0 aromatic heterocycles. The molecule has 24 heavy (non-hydrogen) atoms. The highest BCUT2D eigenvalue weighted by Gasteiger charge is 2.49. The van der Waals surface area contributed by atoms with Crippen LogP contribution in [0.25, 0.3) is 11.1 Å². The van der Waals surface area contributed by atoms with E-state index < -0.39 is 5.54 Å². The Labute approximate surface area is 141 Å². The number of nitrogens with zero attached hydrogens (tertiary/aromatic N) is 1. The van der Waals surface area contributed by atoms with Crippen LogP contribution in [0.2, 0.25) is 0 Å². The molecule has 5 heteroatoms. The third-order valence-corrected chi connectivity index (χ3v) is 4.77. The maximum atomic E-state index is 5.86. The van der Waals surface area contributed by atoms with Crippen LogP contribution in [0.1, 0.15) is 12.0 Å². The molecule has 5 nitrogen and oxygen atoms in total. The van der Waals surface area contributed by atoms with Crippen LogP contribution in [-0.2, 0) is 15.0 Å². The second kappa shape index (κ2) is 5.83. The molecule has 124 valence electrons. The molecule has 1 saturated heterocycles. The van der Waals surface area contributed by atoms with Crippen LogP contribution in [0.5, 0.6) is 5.75 Å². The Bertz CT molecular complexity index is 790. The molecule has 0 spiro atoms. The van der Waals surface area contributed by atoms with Crippen LogP contribution in [0, 0.1) is 0 Å². The number of fused-ring (bicyclic) bond motifs is 1. The van der Waals surface area contributed by atoms with E-state index in [4.69, 9.17) is 19.9 Å². The Balaban J connectivity index is 1.77. The first-order valence-electron chi connectivity index (χ1n) is 8.06. The quantitative estimate of drug-likeness (QED) is 0.943. The Morgan fingerprint density at radius 3 is 2.79 bits per heavy atom. The molecule has 0 radical (unpaired) electrons. The van der Waals surface area contributed by atoms with Crippen LogP contribution in [0.3, 0.4) is 0 Å². The Morgan fingerprint density at radius 2 is 1.96 bits per heavy atom. The van der Waals surface area contributed by atoms with Crippen molar-refractivity contribution < 1.29 is 14.2 Å². The first-order valence-corrected chi connectivity index (χ1v) is 8.06. The zero-order valence-electron chi connectivity index (χ0n) is 13.6. The lowest BCUT2D eigenvalue weighted by atomic mass is 9.80. The predicted molar refractivity (Wildman–Crippen MR) is 92.0 cm³/mol. The van der Waals surface area contributed by atoms with Gasteiger partial charge in [-0.05, 0) is 34.9 Å². The van der Waals surface area contributed by atoms with Gasteiger partial charge in [0.05, 0.1) is 13.7 Å². The molecule has 4 rings (SSSR count). The van der Waals surface area contributed by atoms with E-state index in [0.29, 0.717) is 13.2 Å². The smallest absolute Gasteiger partial charge is 0.283 e. The molecule has 0 aliphatic carbocycles. The normalized spacial score (nSPS) is 25.5. The van der Waals surface area contributed by atoms with Gasteiger partial charge in [-0.3, -0.25) is 0 Å². The number of methoxy groups -OCH3 is 1. The lowest BCUT2D eigenvalue weighted by Crippen LogP contribution is -2.44. The van der Waals surface area contributed by atoms with Crippen molar-refractivity contribution in [1.29, 1.82) is 0 Å². The summed E-state index contributed by atoms with van der Waals surface area (Å²) in [5, 5.41) is 0. The second-order valence-electron chi connectivity index (χ2n) is 6.12. The van der Waals surface area contributed by atoms with Gasteiger partial charge in [-0.1, -0.05) is 30.3 Å². The van der Waals surface area contributed by atoms with Crippen molar-refractivity contribution in [1.82, 2.24) is 0 Å². The lowest BCUT2D eigenvalue weighted by Gasteiger charge is -2.35. The minimum atomic E-state index is -0.447. The van der Waals surface area contributed by atoms with Crippen molar-refractivity contribution in [2.24, 2.45) is 10.7 Å². The summed E-state index contributed by atoms with van der Waals surface area (Å²) >= 11 is 0. The summed E-state index contributed by atoms with van der Waals surface area (Å²) in [5.41, 5.74) is 8.74. The highest BCUT2D eigenvalue weighted by atomic mass is 16.6. The number of hydrogen-bond acceptors (Lipinski definition) is 5. The maximum Gasteiger partial charge on any atom is 0.283 e. The zero-order chi connectivity index (χ0) is 16.6. The van der Waals surface area contributed by atoms with Gasteiger partial charge in [-0.2, -0.15) is 0 Å². The van der Waals surface area contributed by atoms with Crippen molar-refractivity contribution in [3.8, 4) is 16.9 Å². The number of rotatable bonds is 3. The molecule has 2 atom stereocenters. The fourth-order valence-electron chi connectivity index (χ4n) is 3.51. The molecule has 2 heterocycles. The van der Waals surface area contributed by atoms with Crippen molar-refractivity contribution in [3.63, 3.8) is 0 Å². The third-order valence-electron chi connectivity index (χ3n) is 4.77. The van der Waals surface area contributed by atoms with E-state index in [0.717, 1.165) is 28.9 Å². The predicted octanol–water partition coefficient (Wildman–Crippen LogP) is 2.69. The van der Waals surface area contributed by atoms with Crippen LogP contribution in [0.4, 0.5) is 0 Å². The number of hydrogen-bond donors (Lipinski definition) is 1. The van der Waals surface area contributed by atoms with Crippen molar-refractivity contribution in [2.45, 2.75) is 18.1 Å². The minimum Gasteiger partial charge on any atom is -0.497 e. The van der Waals surface area contributed by atoms with Gasteiger partial charge in [0, 0.05) is 13.0 Å². The molecule has 0 amide bonds. The third kappa shape index (κ3) is 2.41. The number of amidine groups is 1. The highest BCUT2D eigenvalue weighted by molar-refractivity contribution is 5.75. The van der Waals surface area contributed by atoms with Crippen molar-refractivity contribution >= 4 is 6.02 Å². The van der Waals surface area contributed by atoms with E-state index in [1.807, 2.05) is 18.2 Å². The summed E-state index contributed by atoms with van der Waals surface area (Å²) in [5.74, 6) is 0.839. The van der Waals surface area contributed by atoms with Gasteiger partial charge >= 0.3 is 0 Å². The van der Waals surface area contributed by atoms with Crippen LogP contribution < -0.4 is 10.5 Å². The van der Waals surface area contributed by atoms with Crippen molar-refractivity contribution in [3.05, 3.63) is 54.1 Å². The van der Waals surface area contributed by atoms with Crippen LogP contribution >= 0.6 is 0 Å². The lowest BCUT2D eigenvalue weighted by molar-refractivity contribution is -0.0339. The van der Waals surface area contributed by atoms with Gasteiger partial charge in [0.25, 0.3) is 6.02 Å². The standard InChI is InChI=1S/C19H20N2O3/c1-22-16-7-3-5-14(11-16)13-4-2-6-15(10-13)19-8-9-23-12-17(19)24-18(20)21-19/h2-7,10-11,17H,8-9,12H2,1H3,(H2,20,21)/t17-,19-/m1/s1. The molecule has 0 saturated carbocycles. The van der Waals surface area contributed by atoms with E-state index in [-0.39, 0.29) is 12.1 Å². The van der Waals surface area contributed by atoms with Gasteiger partial charge in [0.2, 0.25) is 0 Å². The Morgan fingerprint density at radius 1 is 1.17 bits per heavy atom. The summed E-state index contributed by atoms with van der Waals surface area (Å²) < 4.78 is 16.6. The maximum absolute atomic E-state index is 5.86. The van der Waals surface area contributed by atoms with Gasteiger partial charge < -0.3 is 19.9 Å². The molecule has 2 aromatic carbocycles. The first-order chi connectivity index (χ1) is 11.7. The zero-order valence-corrected chi connectivity index (χ0v) is 13.6. The number of nitrogens with two attached hydrogens (primary N) is 1. The molecule has 0 bridgehead atoms. The first kappa shape index (κ1) is 15.0. The van der Waals surface area contributed by atoms with E-state index in [2.05, 4.69) is 35.3 Å². The minimum absolute atomic E-state index is 0.160. The molecule has 2 N–H and O–H groups in total. The summed E-state index contributed by atoms with van der Waals surface area (Å²) in [4.78, 5) is 4.65. The largest absolute Gasteiger partial charge is 0.497 e.